The third-order valence-corrected chi connectivity index (χ3v) is 6.26. The zero-order chi connectivity index (χ0) is 26.1. The number of rotatable bonds is 9. The number of nitrogens with one attached hydrogen (secondary N) is 1. The van der Waals surface area contributed by atoms with Crippen molar-refractivity contribution in [3.05, 3.63) is 53.1 Å². The Morgan fingerprint density at radius 1 is 1.11 bits per heavy atom. The van der Waals surface area contributed by atoms with Crippen molar-refractivity contribution in [1.29, 1.82) is 0 Å². The molecular formula is C26H32F3N5O. The number of anilines is 3. The fraction of sp³-hybridized carbons (Fsp3) is 0.423. The predicted octanol–water partition coefficient (Wildman–Crippen LogP) is 6.05. The van der Waals surface area contributed by atoms with Crippen LogP contribution in [0.3, 0.4) is 0 Å². The third-order valence-electron chi connectivity index (χ3n) is 6.26. The molecule has 0 bridgehead atoms. The average molecular weight is 488 g/mol. The van der Waals surface area contributed by atoms with Gasteiger partial charge in [0.2, 0.25) is 6.41 Å². The second-order valence-electron chi connectivity index (χ2n) is 9.06. The molecule has 1 amide bonds. The maximum Gasteiger partial charge on any atom is 0.278 e. The summed E-state index contributed by atoms with van der Waals surface area (Å²) in [6.45, 7) is 8.85. The summed E-state index contributed by atoms with van der Waals surface area (Å²) in [7, 11) is 3.57. The van der Waals surface area contributed by atoms with Crippen molar-refractivity contribution in [2.75, 3.05) is 35.8 Å². The highest BCUT2D eigenvalue weighted by Gasteiger charge is 2.39. The van der Waals surface area contributed by atoms with Crippen molar-refractivity contribution in [1.82, 2.24) is 9.97 Å². The summed E-state index contributed by atoms with van der Waals surface area (Å²) < 4.78 is 44.6. The van der Waals surface area contributed by atoms with Crippen molar-refractivity contribution in [3.8, 4) is 0 Å². The Bertz CT molecular complexity index is 1230. The number of carbonyl (C=O) groups is 1. The molecule has 0 aliphatic rings. The lowest BCUT2D eigenvalue weighted by atomic mass is 9.94. The lowest BCUT2D eigenvalue weighted by Crippen LogP contribution is -2.24. The van der Waals surface area contributed by atoms with Crippen LogP contribution >= 0.6 is 0 Å². The minimum atomic E-state index is -3.29. The quantitative estimate of drug-likeness (QED) is 0.373. The number of fused-ring (bicyclic) bond motifs is 1. The van der Waals surface area contributed by atoms with Crippen LogP contribution in [0.1, 0.15) is 50.7 Å². The molecule has 2 aromatic carbocycles. The van der Waals surface area contributed by atoms with Gasteiger partial charge in [-0.3, -0.25) is 4.79 Å². The Kier molecular flexibility index (Phi) is 7.57. The number of hydrogen-bond donors (Lipinski definition) is 1. The molecule has 0 saturated carbocycles. The summed E-state index contributed by atoms with van der Waals surface area (Å²) in [6, 6.07) is 7.11. The van der Waals surface area contributed by atoms with Crippen LogP contribution in [-0.4, -0.2) is 37.0 Å². The van der Waals surface area contributed by atoms with Crippen molar-refractivity contribution < 1.29 is 18.0 Å². The highest BCUT2D eigenvalue weighted by molar-refractivity contribution is 5.99. The van der Waals surface area contributed by atoms with Crippen molar-refractivity contribution >= 4 is 34.5 Å². The lowest BCUT2D eigenvalue weighted by Gasteiger charge is -2.26. The fourth-order valence-corrected chi connectivity index (χ4v) is 3.93. The molecule has 0 aliphatic carbocycles. The van der Waals surface area contributed by atoms with Crippen LogP contribution in [0.15, 0.2) is 30.3 Å². The first-order chi connectivity index (χ1) is 16.4. The molecule has 1 heterocycles. The summed E-state index contributed by atoms with van der Waals surface area (Å²) in [5.41, 5.74) is 1.59. The highest BCUT2D eigenvalue weighted by Crippen LogP contribution is 2.40. The minimum absolute atomic E-state index is 0.121. The zero-order valence-corrected chi connectivity index (χ0v) is 21.2. The SMILES string of the molecule is CCN(C)c1cc2c(N[C@H](C)c3cccc(C(F)(F)C(C)C)c3F)nc(C)nc2cc1N(C)C=O. The number of benzene rings is 2. The minimum Gasteiger partial charge on any atom is -0.373 e. The van der Waals surface area contributed by atoms with Gasteiger partial charge in [-0.1, -0.05) is 32.0 Å². The first-order valence-corrected chi connectivity index (χ1v) is 11.6. The average Bonchev–Trinajstić information content (AvgIpc) is 2.81. The van der Waals surface area contributed by atoms with Gasteiger partial charge in [0.15, 0.2) is 0 Å². The summed E-state index contributed by atoms with van der Waals surface area (Å²) in [4.78, 5) is 24.0. The molecule has 0 aliphatic heterocycles. The Hall–Kier alpha value is -3.36. The van der Waals surface area contributed by atoms with E-state index in [2.05, 4.69) is 15.3 Å². The van der Waals surface area contributed by atoms with Crippen molar-refractivity contribution in [3.63, 3.8) is 0 Å². The molecule has 0 fully saturated rings. The Morgan fingerprint density at radius 2 is 1.80 bits per heavy atom. The maximum atomic E-state index is 15.3. The number of amides is 1. The number of aryl methyl sites for hydroxylation is 1. The van der Waals surface area contributed by atoms with Crippen LogP contribution in [0.25, 0.3) is 10.9 Å². The van der Waals surface area contributed by atoms with E-state index in [1.807, 2.05) is 24.9 Å². The largest absolute Gasteiger partial charge is 0.373 e. The lowest BCUT2D eigenvalue weighted by molar-refractivity contribution is -0.107. The van der Waals surface area contributed by atoms with Gasteiger partial charge in [-0.15, -0.1) is 0 Å². The molecule has 0 saturated heterocycles. The van der Waals surface area contributed by atoms with Gasteiger partial charge in [0, 0.05) is 37.5 Å². The fourth-order valence-electron chi connectivity index (χ4n) is 3.93. The van der Waals surface area contributed by atoms with E-state index in [0.717, 1.165) is 18.2 Å². The molecular weight excluding hydrogens is 455 g/mol. The van der Waals surface area contributed by atoms with Crippen LogP contribution in [-0.2, 0) is 10.7 Å². The van der Waals surface area contributed by atoms with E-state index in [1.54, 1.807) is 27.0 Å². The van der Waals surface area contributed by atoms with E-state index >= 15 is 4.39 Å². The van der Waals surface area contributed by atoms with E-state index < -0.39 is 29.3 Å². The van der Waals surface area contributed by atoms with Crippen molar-refractivity contribution in [2.45, 2.75) is 46.6 Å². The molecule has 3 aromatic rings. The number of hydrogen-bond acceptors (Lipinski definition) is 5. The van der Waals surface area contributed by atoms with Crippen LogP contribution in [0.2, 0.25) is 0 Å². The molecule has 0 spiro atoms. The predicted molar refractivity (Wildman–Crippen MR) is 135 cm³/mol. The van der Waals surface area contributed by atoms with E-state index in [0.29, 0.717) is 34.8 Å². The van der Waals surface area contributed by atoms with Crippen LogP contribution < -0.4 is 15.1 Å². The smallest absolute Gasteiger partial charge is 0.278 e. The Labute approximate surface area is 204 Å². The summed E-state index contributed by atoms with van der Waals surface area (Å²) >= 11 is 0. The molecule has 3 rings (SSSR count). The van der Waals surface area contributed by atoms with Gasteiger partial charge in [0.1, 0.15) is 17.5 Å². The van der Waals surface area contributed by atoms with E-state index in [9.17, 15) is 13.6 Å². The van der Waals surface area contributed by atoms with Gasteiger partial charge in [0.05, 0.1) is 28.5 Å². The van der Waals surface area contributed by atoms with Gasteiger partial charge >= 0.3 is 0 Å². The van der Waals surface area contributed by atoms with Gasteiger partial charge in [-0.2, -0.15) is 0 Å². The highest BCUT2D eigenvalue weighted by atomic mass is 19.3. The second kappa shape index (κ2) is 10.1. The molecule has 35 heavy (non-hydrogen) atoms. The Balaban J connectivity index is 2.12. The van der Waals surface area contributed by atoms with Gasteiger partial charge < -0.3 is 15.1 Å². The number of halogens is 3. The first-order valence-electron chi connectivity index (χ1n) is 11.6. The van der Waals surface area contributed by atoms with Gasteiger partial charge in [-0.05, 0) is 32.9 Å². The first kappa shape index (κ1) is 26.2. The van der Waals surface area contributed by atoms with Crippen LogP contribution in [0.4, 0.5) is 30.4 Å². The van der Waals surface area contributed by atoms with Crippen LogP contribution in [0, 0.1) is 18.7 Å². The summed E-state index contributed by atoms with van der Waals surface area (Å²) in [5.74, 6) is -4.34. The molecule has 9 heteroatoms. The molecule has 1 atom stereocenters. The standard InChI is InChI=1S/C26H32F3N5O/c1-8-33(6)22-12-19-21(13-23(22)34(7)14-35)31-17(5)32-25(19)30-16(4)18-10-9-11-20(24(18)27)26(28,29)15(2)3/h9-16H,8H2,1-7H3,(H,30,31,32)/t16-/m1/s1. The number of carbonyl (C=O) groups excluding carboxylic acids is 1. The van der Waals surface area contributed by atoms with Crippen molar-refractivity contribution in [2.24, 2.45) is 5.92 Å². The van der Waals surface area contributed by atoms with E-state index in [1.165, 1.54) is 30.9 Å². The van der Waals surface area contributed by atoms with E-state index in [-0.39, 0.29) is 5.56 Å². The topological polar surface area (TPSA) is 61.4 Å². The molecule has 0 unspecified atom stereocenters. The van der Waals surface area contributed by atoms with Gasteiger partial charge in [0.25, 0.3) is 5.92 Å². The summed E-state index contributed by atoms with van der Waals surface area (Å²) in [6.07, 6.45) is 0.728. The van der Waals surface area contributed by atoms with Gasteiger partial charge in [-0.25, -0.2) is 23.1 Å². The van der Waals surface area contributed by atoms with Crippen LogP contribution in [0.5, 0.6) is 0 Å². The molecule has 1 N–H and O–H groups in total. The Morgan fingerprint density at radius 3 is 2.40 bits per heavy atom. The van der Waals surface area contributed by atoms with E-state index in [4.69, 9.17) is 0 Å². The molecule has 188 valence electrons. The monoisotopic (exact) mass is 487 g/mol. The molecule has 0 radical (unpaired) electrons. The number of aromatic nitrogens is 2. The number of nitrogens with zero attached hydrogens (tertiary/aromatic N) is 4. The number of alkyl halides is 2. The summed E-state index contributed by atoms with van der Waals surface area (Å²) in [5, 5.41) is 3.87. The molecule has 1 aromatic heterocycles. The third kappa shape index (κ3) is 5.04. The zero-order valence-electron chi connectivity index (χ0n) is 21.2. The second-order valence-corrected chi connectivity index (χ2v) is 9.06. The normalized spacial score (nSPS) is 12.7. The molecule has 6 nitrogen and oxygen atoms in total. The maximum absolute atomic E-state index is 15.3.